The minimum atomic E-state index is -1.15. The molecule has 1 aliphatic carbocycles. The standard InChI is InChI=1S/C30H44N4O4/c1-19-10-11-21(16-22(19)17-34(28(32)37)18-30(38)14-8-6-7-9-15-30)25(29(3,4)27(35)36)23-12-13-24(33-5)26(31)20(23)2/h10-13,16,25,33,38H,6-9,14-15,17-18,31H2,1-5H3,(H2,32,37)(H,35,36). The lowest BCUT2D eigenvalue weighted by Crippen LogP contribution is -2.47. The maximum atomic E-state index is 12.5. The average Bonchev–Trinajstić information content (AvgIpc) is 3.07. The predicted molar refractivity (Wildman–Crippen MR) is 152 cm³/mol. The van der Waals surface area contributed by atoms with Crippen LogP contribution in [0, 0.1) is 19.3 Å². The molecule has 3 rings (SSSR count). The van der Waals surface area contributed by atoms with Crippen LogP contribution in [-0.2, 0) is 11.3 Å². The minimum absolute atomic E-state index is 0.178. The van der Waals surface area contributed by atoms with Crippen molar-refractivity contribution in [3.63, 3.8) is 0 Å². The Hall–Kier alpha value is -3.26. The normalized spacial score (nSPS) is 16.4. The molecule has 0 saturated heterocycles. The van der Waals surface area contributed by atoms with Crippen LogP contribution in [0.2, 0.25) is 0 Å². The van der Waals surface area contributed by atoms with Gasteiger partial charge in [0.25, 0.3) is 0 Å². The molecule has 7 N–H and O–H groups in total. The Morgan fingerprint density at radius 2 is 1.74 bits per heavy atom. The van der Waals surface area contributed by atoms with E-state index in [0.29, 0.717) is 18.5 Å². The topological polar surface area (TPSA) is 142 Å². The first-order valence-electron chi connectivity index (χ1n) is 13.5. The molecule has 0 aromatic heterocycles. The fraction of sp³-hybridized carbons (Fsp3) is 0.533. The quantitative estimate of drug-likeness (QED) is 0.227. The third-order valence-electron chi connectivity index (χ3n) is 8.31. The number of nitrogens with two attached hydrogens (primary N) is 2. The molecule has 8 heteroatoms. The number of aliphatic hydroxyl groups is 1. The molecule has 2 aromatic carbocycles. The molecule has 1 fully saturated rings. The second-order valence-electron chi connectivity index (χ2n) is 11.5. The number of carboxylic acid groups (broad SMARTS) is 1. The number of carbonyl (C=O) groups is 2. The highest BCUT2D eigenvalue weighted by molar-refractivity contribution is 5.78. The van der Waals surface area contributed by atoms with Gasteiger partial charge in [-0.15, -0.1) is 0 Å². The van der Waals surface area contributed by atoms with Crippen LogP contribution in [0.25, 0.3) is 0 Å². The van der Waals surface area contributed by atoms with Crippen molar-refractivity contribution in [2.24, 2.45) is 11.1 Å². The van der Waals surface area contributed by atoms with Gasteiger partial charge >= 0.3 is 12.0 Å². The number of hydrogen-bond acceptors (Lipinski definition) is 5. The van der Waals surface area contributed by atoms with Crippen LogP contribution in [0.3, 0.4) is 0 Å². The van der Waals surface area contributed by atoms with Crippen molar-refractivity contribution in [2.45, 2.75) is 84.3 Å². The maximum Gasteiger partial charge on any atom is 0.315 e. The van der Waals surface area contributed by atoms with Gasteiger partial charge < -0.3 is 31.9 Å². The molecule has 0 radical (unpaired) electrons. The molecule has 0 heterocycles. The third kappa shape index (κ3) is 6.23. The number of aliphatic carboxylic acids is 1. The second-order valence-corrected chi connectivity index (χ2v) is 11.5. The van der Waals surface area contributed by atoms with Crippen molar-refractivity contribution >= 4 is 23.4 Å². The van der Waals surface area contributed by atoms with Crippen LogP contribution < -0.4 is 16.8 Å². The number of urea groups is 1. The summed E-state index contributed by atoms with van der Waals surface area (Å²) in [6.45, 7) is 7.72. The lowest BCUT2D eigenvalue weighted by atomic mass is 9.69. The number of nitrogens with zero attached hydrogens (tertiary/aromatic N) is 1. The Balaban J connectivity index is 2.05. The highest BCUT2D eigenvalue weighted by Gasteiger charge is 2.40. The SMILES string of the molecule is CNc1ccc(C(c2ccc(C)c(CN(CC3(O)CCCCCC3)C(N)=O)c2)C(C)(C)C(=O)O)c(C)c1N. The number of carboxylic acids is 1. The van der Waals surface area contributed by atoms with Gasteiger partial charge in [-0.05, 0) is 74.4 Å². The molecule has 2 amide bonds. The summed E-state index contributed by atoms with van der Waals surface area (Å²) in [4.78, 5) is 26.5. The number of carbonyl (C=O) groups excluding carboxylic acids is 1. The van der Waals surface area contributed by atoms with Gasteiger partial charge in [-0.25, -0.2) is 4.79 Å². The monoisotopic (exact) mass is 524 g/mol. The van der Waals surface area contributed by atoms with Crippen LogP contribution in [-0.4, -0.2) is 46.3 Å². The van der Waals surface area contributed by atoms with Gasteiger partial charge in [0, 0.05) is 19.5 Å². The predicted octanol–water partition coefficient (Wildman–Crippen LogP) is 5.14. The van der Waals surface area contributed by atoms with Crippen LogP contribution >= 0.6 is 0 Å². The summed E-state index contributed by atoms with van der Waals surface area (Å²) in [6, 6.07) is 9.10. The van der Waals surface area contributed by atoms with E-state index in [1.165, 1.54) is 4.90 Å². The third-order valence-corrected chi connectivity index (χ3v) is 8.31. The highest BCUT2D eigenvalue weighted by atomic mass is 16.4. The van der Waals surface area contributed by atoms with Crippen molar-refractivity contribution in [1.82, 2.24) is 4.90 Å². The Morgan fingerprint density at radius 3 is 2.29 bits per heavy atom. The molecule has 38 heavy (non-hydrogen) atoms. The molecule has 1 aliphatic rings. The van der Waals surface area contributed by atoms with Crippen LogP contribution in [0.4, 0.5) is 16.2 Å². The summed E-state index contributed by atoms with van der Waals surface area (Å²) < 4.78 is 0. The van der Waals surface area contributed by atoms with E-state index in [-0.39, 0.29) is 13.1 Å². The maximum absolute atomic E-state index is 12.5. The average molecular weight is 525 g/mol. The zero-order chi connectivity index (χ0) is 28.3. The summed E-state index contributed by atoms with van der Waals surface area (Å²) in [6.07, 6.45) is 5.32. The molecular formula is C30H44N4O4. The Morgan fingerprint density at radius 1 is 1.11 bits per heavy atom. The molecule has 1 unspecified atom stereocenters. The van der Waals surface area contributed by atoms with Crippen molar-refractivity contribution in [3.05, 3.63) is 58.1 Å². The van der Waals surface area contributed by atoms with E-state index in [4.69, 9.17) is 11.5 Å². The number of rotatable bonds is 9. The Bertz CT molecular complexity index is 1170. The molecule has 0 spiro atoms. The largest absolute Gasteiger partial charge is 0.481 e. The van der Waals surface area contributed by atoms with E-state index in [1.807, 2.05) is 44.2 Å². The van der Waals surface area contributed by atoms with Crippen LogP contribution in [0.5, 0.6) is 0 Å². The fourth-order valence-corrected chi connectivity index (χ4v) is 5.74. The molecule has 8 nitrogen and oxygen atoms in total. The molecule has 0 aliphatic heterocycles. The number of nitrogen functional groups attached to an aromatic ring is 1. The first-order valence-corrected chi connectivity index (χ1v) is 13.5. The van der Waals surface area contributed by atoms with Gasteiger partial charge in [-0.2, -0.15) is 0 Å². The number of aryl methyl sites for hydroxylation is 1. The van der Waals surface area contributed by atoms with Crippen LogP contribution in [0.1, 0.15) is 86.1 Å². The summed E-state index contributed by atoms with van der Waals surface area (Å²) in [5.74, 6) is -1.42. The number of amides is 2. The molecule has 1 saturated carbocycles. The van der Waals surface area contributed by atoms with Gasteiger partial charge in [0.05, 0.1) is 28.9 Å². The number of anilines is 2. The zero-order valence-electron chi connectivity index (χ0n) is 23.4. The van der Waals surface area contributed by atoms with E-state index < -0.39 is 28.9 Å². The van der Waals surface area contributed by atoms with Crippen molar-refractivity contribution < 1.29 is 19.8 Å². The molecule has 0 bridgehead atoms. The first-order chi connectivity index (χ1) is 17.8. The van der Waals surface area contributed by atoms with Crippen molar-refractivity contribution in [2.75, 3.05) is 24.6 Å². The minimum Gasteiger partial charge on any atom is -0.481 e. The van der Waals surface area contributed by atoms with E-state index in [0.717, 1.165) is 59.2 Å². The summed E-state index contributed by atoms with van der Waals surface area (Å²) >= 11 is 0. The first kappa shape index (κ1) is 29.3. The lowest BCUT2D eigenvalue weighted by Gasteiger charge is -2.35. The highest BCUT2D eigenvalue weighted by Crippen LogP contribution is 2.45. The van der Waals surface area contributed by atoms with Crippen molar-refractivity contribution in [1.29, 1.82) is 0 Å². The van der Waals surface area contributed by atoms with E-state index in [9.17, 15) is 19.8 Å². The Labute approximate surface area is 226 Å². The van der Waals surface area contributed by atoms with Gasteiger partial charge in [0.2, 0.25) is 0 Å². The van der Waals surface area contributed by atoms with Gasteiger partial charge in [-0.1, -0.05) is 49.9 Å². The van der Waals surface area contributed by atoms with Gasteiger partial charge in [0.1, 0.15) is 0 Å². The number of primary amides is 1. The Kier molecular flexibility index (Phi) is 8.97. The molecule has 2 aromatic rings. The van der Waals surface area contributed by atoms with Gasteiger partial charge in [-0.3, -0.25) is 4.79 Å². The van der Waals surface area contributed by atoms with Crippen molar-refractivity contribution in [3.8, 4) is 0 Å². The second kappa shape index (κ2) is 11.6. The summed E-state index contributed by atoms with van der Waals surface area (Å²) in [5.41, 5.74) is 15.8. The van der Waals surface area contributed by atoms with Gasteiger partial charge in [0.15, 0.2) is 0 Å². The van der Waals surface area contributed by atoms with E-state index in [2.05, 4.69) is 5.32 Å². The fourth-order valence-electron chi connectivity index (χ4n) is 5.74. The number of nitrogens with one attached hydrogen (secondary N) is 1. The van der Waals surface area contributed by atoms with E-state index in [1.54, 1.807) is 20.9 Å². The number of hydrogen-bond donors (Lipinski definition) is 5. The van der Waals surface area contributed by atoms with E-state index >= 15 is 0 Å². The van der Waals surface area contributed by atoms with Crippen LogP contribution in [0.15, 0.2) is 30.3 Å². The smallest absolute Gasteiger partial charge is 0.315 e. The molecule has 208 valence electrons. The lowest BCUT2D eigenvalue weighted by molar-refractivity contribution is -0.147. The molecule has 1 atom stereocenters. The molecular weight excluding hydrogens is 480 g/mol. The number of benzene rings is 2. The summed E-state index contributed by atoms with van der Waals surface area (Å²) in [7, 11) is 1.80. The zero-order valence-corrected chi connectivity index (χ0v) is 23.4. The summed E-state index contributed by atoms with van der Waals surface area (Å²) in [5, 5.41) is 24.6.